The molecule has 1 aliphatic rings. The van der Waals surface area contributed by atoms with Crippen LogP contribution in [0.2, 0.25) is 0 Å². The van der Waals surface area contributed by atoms with Crippen molar-refractivity contribution in [1.82, 2.24) is 0 Å². The fourth-order valence-corrected chi connectivity index (χ4v) is 1.26. The van der Waals surface area contributed by atoms with E-state index in [-0.39, 0.29) is 0 Å². The van der Waals surface area contributed by atoms with E-state index in [1.54, 1.807) is 0 Å². The number of hydrogen-bond donors (Lipinski definition) is 2. The third-order valence-corrected chi connectivity index (χ3v) is 1.85. The fraction of sp³-hybridized carbons (Fsp3) is 0. The van der Waals surface area contributed by atoms with Gasteiger partial charge in [0, 0.05) is 0 Å². The molecule has 0 amide bonds. The maximum absolute atomic E-state index is 3.78. The van der Waals surface area contributed by atoms with Crippen LogP contribution < -0.4 is 10.6 Å². The molecule has 2 N–H and O–H groups in total. The summed E-state index contributed by atoms with van der Waals surface area (Å²) in [5.74, 6) is 0.825. The number of nitrogens with one attached hydrogen (secondary N) is 2. The van der Waals surface area contributed by atoms with Crippen molar-refractivity contribution in [3.63, 3.8) is 0 Å². The molecule has 0 spiro atoms. The van der Waals surface area contributed by atoms with Crippen LogP contribution in [-0.2, 0) is 0 Å². The largest absolute Gasteiger partial charge is 0.341 e. The molecular formula is C10H10N2. The zero-order chi connectivity index (χ0) is 8.55. The van der Waals surface area contributed by atoms with Crippen molar-refractivity contribution in [3.05, 3.63) is 42.7 Å². The van der Waals surface area contributed by atoms with E-state index in [0.29, 0.717) is 0 Å². The Bertz CT molecular complexity index is 353. The van der Waals surface area contributed by atoms with E-state index in [0.717, 1.165) is 22.8 Å². The Morgan fingerprint density at radius 3 is 2.67 bits per heavy atom. The minimum absolute atomic E-state index is 0.825. The number of rotatable bonds is 1. The van der Waals surface area contributed by atoms with Gasteiger partial charge in [-0.1, -0.05) is 25.3 Å². The molecule has 60 valence electrons. The minimum Gasteiger partial charge on any atom is -0.341 e. The summed E-state index contributed by atoms with van der Waals surface area (Å²) >= 11 is 0. The Balaban J connectivity index is 2.48. The molecule has 0 aliphatic carbocycles. The van der Waals surface area contributed by atoms with Gasteiger partial charge in [0.1, 0.15) is 5.82 Å². The summed E-state index contributed by atoms with van der Waals surface area (Å²) in [6, 6.07) is 6.06. The van der Waals surface area contributed by atoms with Crippen molar-refractivity contribution < 1.29 is 0 Å². The molecule has 0 fully saturated rings. The molecule has 12 heavy (non-hydrogen) atoms. The van der Waals surface area contributed by atoms with Gasteiger partial charge in [-0.25, -0.2) is 0 Å². The van der Waals surface area contributed by atoms with Gasteiger partial charge in [-0.15, -0.1) is 0 Å². The Labute approximate surface area is 71.6 Å². The van der Waals surface area contributed by atoms with Crippen LogP contribution in [0.1, 0.15) is 5.56 Å². The lowest BCUT2D eigenvalue weighted by Crippen LogP contribution is -1.94. The monoisotopic (exact) mass is 158 g/mol. The van der Waals surface area contributed by atoms with Gasteiger partial charge in [0.05, 0.1) is 11.4 Å². The van der Waals surface area contributed by atoms with Gasteiger partial charge in [0.15, 0.2) is 0 Å². The summed E-state index contributed by atoms with van der Waals surface area (Å²) in [5, 5.41) is 6.23. The molecule has 1 aliphatic heterocycles. The predicted molar refractivity (Wildman–Crippen MR) is 52.9 cm³/mol. The van der Waals surface area contributed by atoms with E-state index in [9.17, 15) is 0 Å². The number of fused-ring (bicyclic) bond motifs is 1. The first kappa shape index (κ1) is 6.98. The van der Waals surface area contributed by atoms with Crippen LogP contribution in [0.15, 0.2) is 37.2 Å². The highest BCUT2D eigenvalue weighted by Crippen LogP contribution is 2.30. The highest BCUT2D eigenvalue weighted by atomic mass is 15.2. The highest BCUT2D eigenvalue weighted by molar-refractivity contribution is 5.80. The fourth-order valence-electron chi connectivity index (χ4n) is 1.26. The first-order valence-electron chi connectivity index (χ1n) is 3.79. The first-order chi connectivity index (χ1) is 5.79. The minimum atomic E-state index is 0.825. The van der Waals surface area contributed by atoms with Crippen LogP contribution in [0.4, 0.5) is 11.4 Å². The molecule has 2 rings (SSSR count). The summed E-state index contributed by atoms with van der Waals surface area (Å²) in [5.41, 5.74) is 3.25. The van der Waals surface area contributed by atoms with Crippen LogP contribution in [0, 0.1) is 0 Å². The standard InChI is InChI=1S/C10H10N2/c1-3-8-4-5-9-10(6-8)12-7(2)11-9/h3-6,11-12H,1-2H2. The maximum atomic E-state index is 3.78. The average Bonchev–Trinajstić information content (AvgIpc) is 2.43. The summed E-state index contributed by atoms with van der Waals surface area (Å²) in [6.45, 7) is 7.48. The number of hydrogen-bond acceptors (Lipinski definition) is 2. The van der Waals surface area contributed by atoms with Gasteiger partial charge in [0.25, 0.3) is 0 Å². The van der Waals surface area contributed by atoms with E-state index in [2.05, 4.69) is 23.8 Å². The molecule has 0 aromatic heterocycles. The summed E-state index contributed by atoms with van der Waals surface area (Å²) < 4.78 is 0. The molecule has 0 saturated carbocycles. The Hall–Kier alpha value is -1.70. The van der Waals surface area contributed by atoms with Crippen LogP contribution in [-0.4, -0.2) is 0 Å². The molecule has 2 heteroatoms. The Kier molecular flexibility index (Phi) is 1.40. The van der Waals surface area contributed by atoms with Crippen molar-refractivity contribution in [3.8, 4) is 0 Å². The summed E-state index contributed by atoms with van der Waals surface area (Å²) in [4.78, 5) is 0. The molecular weight excluding hydrogens is 148 g/mol. The highest BCUT2D eigenvalue weighted by Gasteiger charge is 2.10. The summed E-state index contributed by atoms with van der Waals surface area (Å²) in [7, 11) is 0. The molecule has 0 bridgehead atoms. The van der Waals surface area contributed by atoms with Gasteiger partial charge in [-0.2, -0.15) is 0 Å². The van der Waals surface area contributed by atoms with E-state index in [1.807, 2.05) is 24.3 Å². The smallest absolute Gasteiger partial charge is 0.100 e. The van der Waals surface area contributed by atoms with Gasteiger partial charge in [0.2, 0.25) is 0 Å². The lowest BCUT2D eigenvalue weighted by atomic mass is 10.2. The van der Waals surface area contributed by atoms with E-state index in [1.165, 1.54) is 0 Å². The van der Waals surface area contributed by atoms with Crippen molar-refractivity contribution in [2.75, 3.05) is 10.6 Å². The van der Waals surface area contributed by atoms with Crippen LogP contribution >= 0.6 is 0 Å². The lowest BCUT2D eigenvalue weighted by Gasteiger charge is -1.98. The van der Waals surface area contributed by atoms with Gasteiger partial charge >= 0.3 is 0 Å². The van der Waals surface area contributed by atoms with Gasteiger partial charge in [-0.05, 0) is 17.7 Å². The van der Waals surface area contributed by atoms with Crippen molar-refractivity contribution in [1.29, 1.82) is 0 Å². The van der Waals surface area contributed by atoms with Crippen LogP contribution in [0.5, 0.6) is 0 Å². The van der Waals surface area contributed by atoms with Crippen molar-refractivity contribution in [2.45, 2.75) is 0 Å². The van der Waals surface area contributed by atoms with Crippen molar-refractivity contribution in [2.24, 2.45) is 0 Å². The zero-order valence-corrected chi connectivity index (χ0v) is 6.72. The van der Waals surface area contributed by atoms with Crippen molar-refractivity contribution >= 4 is 17.5 Å². The molecule has 0 atom stereocenters. The first-order valence-corrected chi connectivity index (χ1v) is 3.79. The third-order valence-electron chi connectivity index (χ3n) is 1.85. The van der Waals surface area contributed by atoms with E-state index >= 15 is 0 Å². The zero-order valence-electron chi connectivity index (χ0n) is 6.72. The Morgan fingerprint density at radius 1 is 1.17 bits per heavy atom. The number of anilines is 2. The van der Waals surface area contributed by atoms with Crippen LogP contribution in [0.25, 0.3) is 6.08 Å². The molecule has 1 aromatic carbocycles. The quantitative estimate of drug-likeness (QED) is 0.656. The molecule has 1 aromatic rings. The lowest BCUT2D eigenvalue weighted by molar-refractivity contribution is 1.52. The van der Waals surface area contributed by atoms with Crippen LogP contribution in [0.3, 0.4) is 0 Å². The molecule has 2 nitrogen and oxygen atoms in total. The maximum Gasteiger partial charge on any atom is 0.100 e. The second-order valence-corrected chi connectivity index (χ2v) is 2.74. The normalized spacial score (nSPS) is 13.2. The average molecular weight is 158 g/mol. The molecule has 0 saturated heterocycles. The van der Waals surface area contributed by atoms with E-state index < -0.39 is 0 Å². The number of benzene rings is 1. The SMILES string of the molecule is C=Cc1ccc2c(c1)NC(=C)N2. The third kappa shape index (κ3) is 0.975. The van der Waals surface area contributed by atoms with E-state index in [4.69, 9.17) is 0 Å². The topological polar surface area (TPSA) is 24.1 Å². The molecule has 1 heterocycles. The molecule has 0 unspecified atom stereocenters. The van der Waals surface area contributed by atoms with Gasteiger partial charge < -0.3 is 10.6 Å². The summed E-state index contributed by atoms with van der Waals surface area (Å²) in [6.07, 6.45) is 1.82. The second kappa shape index (κ2) is 2.41. The predicted octanol–water partition coefficient (Wildman–Crippen LogP) is 2.64. The molecule has 0 radical (unpaired) electrons. The second-order valence-electron chi connectivity index (χ2n) is 2.74. The van der Waals surface area contributed by atoms with Gasteiger partial charge in [-0.3, -0.25) is 0 Å². The Morgan fingerprint density at radius 2 is 1.92 bits per heavy atom.